The van der Waals surface area contributed by atoms with Crippen LogP contribution < -0.4 is 11.3 Å². The summed E-state index contributed by atoms with van der Waals surface area (Å²) in [6.45, 7) is 2.26. The zero-order chi connectivity index (χ0) is 16.3. The maximum Gasteiger partial charge on any atom is 0.253 e. The van der Waals surface area contributed by atoms with Gasteiger partial charge in [-0.2, -0.15) is 0 Å². The van der Waals surface area contributed by atoms with Crippen molar-refractivity contribution in [3.63, 3.8) is 0 Å². The second-order valence-corrected chi connectivity index (χ2v) is 8.19. The Bertz CT molecular complexity index is 716. The predicted octanol–water partition coefficient (Wildman–Crippen LogP) is -0.520. The van der Waals surface area contributed by atoms with Gasteiger partial charge in [0.15, 0.2) is 15.0 Å². The summed E-state index contributed by atoms with van der Waals surface area (Å²) in [5.41, 5.74) is 5.10. The Balaban J connectivity index is 1.99. The third kappa shape index (κ3) is 4.23. The number of hydrogen-bond donors (Lipinski definition) is 2. The van der Waals surface area contributed by atoms with Gasteiger partial charge in [0.2, 0.25) is 5.91 Å². The first kappa shape index (κ1) is 16.8. The lowest BCUT2D eigenvalue weighted by Crippen LogP contribution is -2.42. The molecule has 1 aromatic heterocycles. The van der Waals surface area contributed by atoms with Crippen LogP contribution in [-0.4, -0.2) is 59.0 Å². The number of aromatic nitrogens is 2. The number of amides is 1. The molecule has 0 bridgehead atoms. The molecule has 1 atom stereocenters. The minimum atomic E-state index is -3.04. The number of H-pyrrole nitrogens is 1. The lowest BCUT2D eigenvalue weighted by atomic mass is 10.2. The Morgan fingerprint density at radius 1 is 1.59 bits per heavy atom. The van der Waals surface area contributed by atoms with Gasteiger partial charge < -0.3 is 15.6 Å². The van der Waals surface area contributed by atoms with Crippen LogP contribution in [0.4, 0.5) is 5.82 Å². The Kier molecular flexibility index (Phi) is 5.12. The van der Waals surface area contributed by atoms with E-state index in [9.17, 15) is 18.0 Å². The summed E-state index contributed by atoms with van der Waals surface area (Å²) in [7, 11) is -3.04. The highest BCUT2D eigenvalue weighted by Gasteiger charge is 2.33. The molecule has 0 aliphatic carbocycles. The highest BCUT2D eigenvalue weighted by molar-refractivity contribution is 7.99. The molecule has 0 aromatic carbocycles. The smallest absolute Gasteiger partial charge is 0.253 e. The van der Waals surface area contributed by atoms with Gasteiger partial charge in [-0.05, 0) is 13.3 Å². The van der Waals surface area contributed by atoms with Gasteiger partial charge in [0.05, 0.1) is 17.3 Å². The first-order valence-corrected chi connectivity index (χ1v) is 9.61. The topological polar surface area (TPSA) is 126 Å². The highest BCUT2D eigenvalue weighted by atomic mass is 32.2. The fraction of sp³-hybridized carbons (Fsp3) is 0.583. The van der Waals surface area contributed by atoms with Crippen LogP contribution in [-0.2, 0) is 14.6 Å². The van der Waals surface area contributed by atoms with E-state index in [1.807, 2.05) is 6.92 Å². The van der Waals surface area contributed by atoms with Crippen molar-refractivity contribution in [3.8, 4) is 0 Å². The van der Waals surface area contributed by atoms with Crippen molar-refractivity contribution in [2.75, 3.05) is 29.5 Å². The lowest BCUT2D eigenvalue weighted by Gasteiger charge is -2.26. The van der Waals surface area contributed by atoms with Crippen molar-refractivity contribution in [2.45, 2.75) is 24.5 Å². The van der Waals surface area contributed by atoms with Crippen molar-refractivity contribution >= 4 is 33.3 Å². The monoisotopic (exact) mass is 346 g/mol. The highest BCUT2D eigenvalue weighted by Crippen LogP contribution is 2.20. The molecule has 1 aliphatic rings. The quantitative estimate of drug-likeness (QED) is 0.542. The molecule has 1 aliphatic heterocycles. The molecule has 0 saturated carbocycles. The van der Waals surface area contributed by atoms with Crippen molar-refractivity contribution in [3.05, 3.63) is 16.4 Å². The molecule has 10 heteroatoms. The number of nitrogens with one attached hydrogen (secondary N) is 1. The molecule has 1 fully saturated rings. The van der Waals surface area contributed by atoms with E-state index in [4.69, 9.17) is 5.73 Å². The van der Waals surface area contributed by atoms with Crippen LogP contribution in [0.25, 0.3) is 0 Å². The number of nitrogen functional groups attached to an aromatic ring is 1. The second kappa shape index (κ2) is 6.69. The Morgan fingerprint density at radius 2 is 2.32 bits per heavy atom. The van der Waals surface area contributed by atoms with Gasteiger partial charge in [0.25, 0.3) is 5.56 Å². The number of anilines is 1. The molecule has 0 spiro atoms. The minimum absolute atomic E-state index is 0.0185. The van der Waals surface area contributed by atoms with Crippen LogP contribution >= 0.6 is 11.8 Å². The van der Waals surface area contributed by atoms with Crippen molar-refractivity contribution < 1.29 is 13.2 Å². The zero-order valence-electron chi connectivity index (χ0n) is 12.1. The zero-order valence-corrected chi connectivity index (χ0v) is 13.7. The lowest BCUT2D eigenvalue weighted by molar-refractivity contribution is -0.129. The maximum absolute atomic E-state index is 12.3. The Hall–Kier alpha value is -1.55. The van der Waals surface area contributed by atoms with E-state index in [2.05, 4.69) is 9.97 Å². The van der Waals surface area contributed by atoms with Crippen LogP contribution in [0.5, 0.6) is 0 Å². The van der Waals surface area contributed by atoms with E-state index < -0.39 is 9.84 Å². The summed E-state index contributed by atoms with van der Waals surface area (Å²) >= 11 is 1.07. The SMILES string of the molecule is CCN(C(=O)CSc1nc(N)cc(=O)[nH]1)[C@H]1CCS(=O)(=O)C1. The van der Waals surface area contributed by atoms with Gasteiger partial charge in [-0.1, -0.05) is 11.8 Å². The van der Waals surface area contributed by atoms with Crippen molar-refractivity contribution in [1.82, 2.24) is 14.9 Å². The molecule has 2 heterocycles. The number of thioether (sulfide) groups is 1. The third-order valence-electron chi connectivity index (χ3n) is 3.38. The summed E-state index contributed by atoms with van der Waals surface area (Å²) in [5.74, 6) is 0.118. The van der Waals surface area contributed by atoms with E-state index in [-0.39, 0.29) is 45.7 Å². The molecule has 2 rings (SSSR count). The number of nitrogens with two attached hydrogens (primary N) is 1. The number of aromatic amines is 1. The third-order valence-corrected chi connectivity index (χ3v) is 5.99. The summed E-state index contributed by atoms with van der Waals surface area (Å²) in [6.07, 6.45) is 0.472. The number of hydrogen-bond acceptors (Lipinski definition) is 7. The normalized spacial score (nSPS) is 20.0. The fourth-order valence-electron chi connectivity index (χ4n) is 2.39. The van der Waals surface area contributed by atoms with Gasteiger partial charge in [0, 0.05) is 18.7 Å². The number of nitrogens with zero attached hydrogens (tertiary/aromatic N) is 2. The fourth-order valence-corrected chi connectivity index (χ4v) is 4.89. The van der Waals surface area contributed by atoms with E-state index in [0.717, 1.165) is 17.8 Å². The van der Waals surface area contributed by atoms with Crippen molar-refractivity contribution in [1.29, 1.82) is 0 Å². The molecular weight excluding hydrogens is 328 g/mol. The number of carbonyl (C=O) groups is 1. The average Bonchev–Trinajstić information content (AvgIpc) is 2.76. The first-order chi connectivity index (χ1) is 10.3. The summed E-state index contributed by atoms with van der Waals surface area (Å²) in [5, 5.41) is 0.272. The number of carbonyl (C=O) groups excluding carboxylic acids is 1. The van der Waals surface area contributed by atoms with Gasteiger partial charge >= 0.3 is 0 Å². The molecule has 8 nitrogen and oxygen atoms in total. The molecule has 3 N–H and O–H groups in total. The molecule has 122 valence electrons. The minimum Gasteiger partial charge on any atom is -0.383 e. The summed E-state index contributed by atoms with van der Waals surface area (Å²) in [4.78, 5) is 31.5. The number of sulfone groups is 1. The Labute approximate surface area is 132 Å². The largest absolute Gasteiger partial charge is 0.383 e. The standard InChI is InChI=1S/C12H18N4O4S2/c1-2-16(8-3-4-22(19,20)7-8)11(18)6-21-12-14-9(13)5-10(17)15-12/h5,8H,2-4,6-7H2,1H3,(H3,13,14,15,17)/t8-/m0/s1. The van der Waals surface area contributed by atoms with Crippen LogP contribution in [0, 0.1) is 0 Å². The van der Waals surface area contributed by atoms with Gasteiger partial charge in [-0.15, -0.1) is 0 Å². The van der Waals surface area contributed by atoms with E-state index in [1.54, 1.807) is 4.90 Å². The first-order valence-electron chi connectivity index (χ1n) is 6.80. The van der Waals surface area contributed by atoms with E-state index in [0.29, 0.717) is 13.0 Å². The predicted molar refractivity (Wildman–Crippen MR) is 84.4 cm³/mol. The van der Waals surface area contributed by atoms with E-state index >= 15 is 0 Å². The molecule has 1 amide bonds. The average molecular weight is 346 g/mol. The van der Waals surface area contributed by atoms with E-state index in [1.165, 1.54) is 0 Å². The molecule has 1 saturated heterocycles. The molecule has 22 heavy (non-hydrogen) atoms. The second-order valence-electron chi connectivity index (χ2n) is 5.00. The summed E-state index contributed by atoms with van der Waals surface area (Å²) in [6, 6.07) is 0.893. The van der Waals surface area contributed by atoms with Gasteiger partial charge in [0.1, 0.15) is 5.82 Å². The van der Waals surface area contributed by atoms with Gasteiger partial charge in [-0.25, -0.2) is 13.4 Å². The summed E-state index contributed by atoms with van der Waals surface area (Å²) < 4.78 is 23.1. The maximum atomic E-state index is 12.3. The van der Waals surface area contributed by atoms with Crippen molar-refractivity contribution in [2.24, 2.45) is 0 Å². The van der Waals surface area contributed by atoms with Gasteiger partial charge in [-0.3, -0.25) is 9.59 Å². The molecular formula is C12H18N4O4S2. The molecule has 1 aromatic rings. The molecule has 0 radical (unpaired) electrons. The Morgan fingerprint density at radius 3 is 2.86 bits per heavy atom. The number of rotatable bonds is 5. The van der Waals surface area contributed by atoms with Crippen LogP contribution in [0.3, 0.4) is 0 Å². The van der Waals surface area contributed by atoms with Crippen LogP contribution in [0.1, 0.15) is 13.3 Å². The molecule has 0 unspecified atom stereocenters. The van der Waals surface area contributed by atoms with Crippen LogP contribution in [0.15, 0.2) is 16.0 Å². The van der Waals surface area contributed by atoms with Crippen LogP contribution in [0.2, 0.25) is 0 Å².